The van der Waals surface area contributed by atoms with Gasteiger partial charge in [-0.15, -0.1) is 0 Å². The van der Waals surface area contributed by atoms with Gasteiger partial charge in [-0.2, -0.15) is 0 Å². The van der Waals surface area contributed by atoms with Crippen LogP contribution in [0.15, 0.2) is 71.1 Å². The number of benzene rings is 3. The van der Waals surface area contributed by atoms with Crippen LogP contribution >= 0.6 is 0 Å². The van der Waals surface area contributed by atoms with Crippen molar-refractivity contribution in [3.8, 4) is 5.75 Å². The SMILES string of the molecule is NC(=O)C(OC(=O)COc1ccc2oc3ccccc3c2c1)c1ccc(F)cc1. The highest BCUT2D eigenvalue weighted by Gasteiger charge is 2.23. The predicted molar refractivity (Wildman–Crippen MR) is 104 cm³/mol. The molecule has 0 bridgehead atoms. The molecule has 0 fully saturated rings. The van der Waals surface area contributed by atoms with Crippen LogP contribution in [-0.2, 0) is 14.3 Å². The molecule has 1 unspecified atom stereocenters. The number of carbonyl (C=O) groups is 2. The number of primary amides is 1. The van der Waals surface area contributed by atoms with E-state index in [4.69, 9.17) is 19.6 Å². The molecule has 0 saturated heterocycles. The molecule has 1 aromatic heterocycles. The highest BCUT2D eigenvalue weighted by atomic mass is 19.1. The van der Waals surface area contributed by atoms with Crippen LogP contribution in [-0.4, -0.2) is 18.5 Å². The fraction of sp³-hybridized carbons (Fsp3) is 0.0909. The van der Waals surface area contributed by atoms with Gasteiger partial charge in [-0.3, -0.25) is 4.79 Å². The summed E-state index contributed by atoms with van der Waals surface area (Å²) < 4.78 is 29.4. The summed E-state index contributed by atoms with van der Waals surface area (Å²) in [5.41, 5.74) is 7.03. The maximum Gasteiger partial charge on any atom is 0.345 e. The molecule has 0 spiro atoms. The molecule has 146 valence electrons. The van der Waals surface area contributed by atoms with Gasteiger partial charge in [0.05, 0.1) is 0 Å². The van der Waals surface area contributed by atoms with Gasteiger partial charge in [-0.25, -0.2) is 9.18 Å². The number of hydrogen-bond donors (Lipinski definition) is 1. The van der Waals surface area contributed by atoms with Crippen molar-refractivity contribution in [2.75, 3.05) is 6.61 Å². The Morgan fingerprint density at radius 3 is 2.45 bits per heavy atom. The number of rotatable bonds is 6. The Labute approximate surface area is 164 Å². The van der Waals surface area contributed by atoms with Crippen LogP contribution in [0.4, 0.5) is 4.39 Å². The average molecular weight is 393 g/mol. The molecule has 4 aromatic rings. The Morgan fingerprint density at radius 2 is 1.69 bits per heavy atom. The lowest BCUT2D eigenvalue weighted by molar-refractivity contribution is -0.157. The van der Waals surface area contributed by atoms with Gasteiger partial charge in [0.15, 0.2) is 6.61 Å². The molecule has 0 radical (unpaired) electrons. The molecule has 4 rings (SSSR count). The Hall–Kier alpha value is -3.87. The Balaban J connectivity index is 1.46. The van der Waals surface area contributed by atoms with Crippen molar-refractivity contribution in [3.05, 3.63) is 78.1 Å². The minimum Gasteiger partial charge on any atom is -0.482 e. The Bertz CT molecular complexity index is 1200. The number of amides is 1. The topological polar surface area (TPSA) is 91.8 Å². The zero-order valence-corrected chi connectivity index (χ0v) is 15.1. The summed E-state index contributed by atoms with van der Waals surface area (Å²) >= 11 is 0. The van der Waals surface area contributed by atoms with E-state index < -0.39 is 30.4 Å². The number of ether oxygens (including phenoxy) is 2. The van der Waals surface area contributed by atoms with Crippen molar-refractivity contribution in [1.29, 1.82) is 0 Å². The molecule has 0 saturated carbocycles. The predicted octanol–water partition coefficient (Wildman–Crippen LogP) is 3.87. The normalized spacial score (nSPS) is 12.0. The first-order valence-electron chi connectivity index (χ1n) is 8.79. The monoisotopic (exact) mass is 393 g/mol. The zero-order chi connectivity index (χ0) is 20.4. The number of nitrogens with two attached hydrogens (primary N) is 1. The van der Waals surface area contributed by atoms with Crippen LogP contribution in [0.3, 0.4) is 0 Å². The molecule has 7 heteroatoms. The minimum absolute atomic E-state index is 0.276. The Kier molecular flexibility index (Phi) is 4.87. The third-order valence-corrected chi connectivity index (χ3v) is 4.39. The van der Waals surface area contributed by atoms with Crippen LogP contribution in [0.5, 0.6) is 5.75 Å². The second-order valence-electron chi connectivity index (χ2n) is 6.37. The number of esters is 1. The van der Waals surface area contributed by atoms with Crippen molar-refractivity contribution in [2.24, 2.45) is 5.73 Å². The average Bonchev–Trinajstić information content (AvgIpc) is 3.09. The summed E-state index contributed by atoms with van der Waals surface area (Å²) in [6.45, 7) is -0.424. The summed E-state index contributed by atoms with van der Waals surface area (Å²) in [6.07, 6.45) is -1.33. The summed E-state index contributed by atoms with van der Waals surface area (Å²) in [7, 11) is 0. The number of halogens is 1. The van der Waals surface area contributed by atoms with Gasteiger partial charge in [0.1, 0.15) is 22.7 Å². The fourth-order valence-electron chi connectivity index (χ4n) is 3.03. The van der Waals surface area contributed by atoms with E-state index in [2.05, 4.69) is 0 Å². The maximum absolute atomic E-state index is 13.1. The molecule has 6 nitrogen and oxygen atoms in total. The lowest BCUT2D eigenvalue weighted by Crippen LogP contribution is -2.28. The van der Waals surface area contributed by atoms with Crippen LogP contribution in [0.1, 0.15) is 11.7 Å². The second-order valence-corrected chi connectivity index (χ2v) is 6.37. The first-order valence-corrected chi connectivity index (χ1v) is 8.79. The maximum atomic E-state index is 13.1. The van der Waals surface area contributed by atoms with Crippen LogP contribution in [0, 0.1) is 5.82 Å². The van der Waals surface area contributed by atoms with E-state index in [1.54, 1.807) is 18.2 Å². The van der Waals surface area contributed by atoms with E-state index in [9.17, 15) is 14.0 Å². The van der Waals surface area contributed by atoms with E-state index in [0.29, 0.717) is 11.3 Å². The molecule has 29 heavy (non-hydrogen) atoms. The second kappa shape index (κ2) is 7.63. The summed E-state index contributed by atoms with van der Waals surface area (Å²) in [6, 6.07) is 17.7. The highest BCUT2D eigenvalue weighted by Crippen LogP contribution is 2.31. The quantitative estimate of drug-likeness (QED) is 0.502. The van der Waals surface area contributed by atoms with Crippen molar-refractivity contribution >= 4 is 33.8 Å². The van der Waals surface area contributed by atoms with Crippen LogP contribution in [0.2, 0.25) is 0 Å². The summed E-state index contributed by atoms with van der Waals surface area (Å²) in [5, 5.41) is 1.79. The Morgan fingerprint density at radius 1 is 0.966 bits per heavy atom. The van der Waals surface area contributed by atoms with Gasteiger partial charge in [-0.05, 0) is 36.4 Å². The first kappa shape index (κ1) is 18.5. The number of para-hydroxylation sites is 1. The van der Waals surface area contributed by atoms with Crippen LogP contribution < -0.4 is 10.5 Å². The summed E-state index contributed by atoms with van der Waals surface area (Å²) in [5.74, 6) is -1.68. The van der Waals surface area contributed by atoms with Crippen molar-refractivity contribution < 1.29 is 27.9 Å². The molecular weight excluding hydrogens is 377 g/mol. The molecular formula is C22H16FNO5. The standard InChI is InChI=1S/C22H16FNO5/c23-14-7-5-13(6-8-14)21(22(24)26)29-20(25)12-27-15-9-10-19-17(11-15)16-3-1-2-4-18(16)28-19/h1-11,21H,12H2,(H2,24,26). The number of fused-ring (bicyclic) bond motifs is 3. The molecule has 2 N–H and O–H groups in total. The molecule has 1 heterocycles. The van der Waals surface area contributed by atoms with E-state index in [0.717, 1.165) is 28.5 Å². The molecule has 0 aliphatic heterocycles. The van der Waals surface area contributed by atoms with Gasteiger partial charge in [0.25, 0.3) is 5.91 Å². The van der Waals surface area contributed by atoms with E-state index >= 15 is 0 Å². The number of hydrogen-bond acceptors (Lipinski definition) is 5. The van der Waals surface area contributed by atoms with Gasteiger partial charge >= 0.3 is 5.97 Å². The molecule has 1 atom stereocenters. The number of furan rings is 1. The van der Waals surface area contributed by atoms with E-state index in [-0.39, 0.29) is 5.56 Å². The third kappa shape index (κ3) is 3.89. The van der Waals surface area contributed by atoms with Gasteiger partial charge in [0, 0.05) is 16.3 Å². The molecule has 0 aliphatic rings. The summed E-state index contributed by atoms with van der Waals surface area (Å²) in [4.78, 5) is 23.8. The van der Waals surface area contributed by atoms with Crippen molar-refractivity contribution in [2.45, 2.75) is 6.10 Å². The zero-order valence-electron chi connectivity index (χ0n) is 15.1. The van der Waals surface area contributed by atoms with Gasteiger partial charge < -0.3 is 19.6 Å². The highest BCUT2D eigenvalue weighted by molar-refractivity contribution is 6.05. The fourth-order valence-corrected chi connectivity index (χ4v) is 3.03. The van der Waals surface area contributed by atoms with E-state index in [1.165, 1.54) is 12.1 Å². The number of carbonyl (C=O) groups excluding carboxylic acids is 2. The molecule has 0 aliphatic carbocycles. The van der Waals surface area contributed by atoms with E-state index in [1.807, 2.05) is 24.3 Å². The van der Waals surface area contributed by atoms with Crippen molar-refractivity contribution in [3.63, 3.8) is 0 Å². The van der Waals surface area contributed by atoms with Gasteiger partial charge in [0.2, 0.25) is 6.10 Å². The molecule has 3 aromatic carbocycles. The minimum atomic E-state index is -1.33. The smallest absolute Gasteiger partial charge is 0.345 e. The van der Waals surface area contributed by atoms with Gasteiger partial charge in [-0.1, -0.05) is 30.3 Å². The lowest BCUT2D eigenvalue weighted by atomic mass is 10.1. The third-order valence-electron chi connectivity index (χ3n) is 4.39. The van der Waals surface area contributed by atoms with Crippen molar-refractivity contribution in [1.82, 2.24) is 0 Å². The largest absolute Gasteiger partial charge is 0.482 e. The molecule has 1 amide bonds. The van der Waals surface area contributed by atoms with Crippen LogP contribution in [0.25, 0.3) is 21.9 Å². The lowest BCUT2D eigenvalue weighted by Gasteiger charge is -2.15. The first-order chi connectivity index (χ1) is 14.0.